The van der Waals surface area contributed by atoms with Crippen molar-refractivity contribution in [3.63, 3.8) is 0 Å². The zero-order chi connectivity index (χ0) is 23.4. The molecule has 11 heteroatoms. The highest BCUT2D eigenvalue weighted by molar-refractivity contribution is 5.92. The van der Waals surface area contributed by atoms with Gasteiger partial charge in [-0.25, -0.2) is 14.3 Å². The molecular formula is C21H21N7O4. The molecule has 4 aromatic rings. The normalized spacial score (nSPS) is 10.4. The molecule has 0 saturated heterocycles. The number of carboxylic acids is 2. The Kier molecular flexibility index (Phi) is 6.38. The van der Waals surface area contributed by atoms with E-state index in [1.54, 1.807) is 50.4 Å². The molecule has 2 N–H and O–H groups in total. The Morgan fingerprint density at radius 3 is 1.81 bits per heavy atom. The fraction of sp³-hybridized carbons (Fsp3) is 0.190. The molecule has 2 aromatic carbocycles. The van der Waals surface area contributed by atoms with Crippen LogP contribution in [-0.2, 0) is 0 Å². The zero-order valence-electron chi connectivity index (χ0n) is 17.9. The number of nitrogens with zero attached hydrogens (tertiary/aromatic N) is 7. The van der Waals surface area contributed by atoms with Crippen LogP contribution in [0.5, 0.6) is 0 Å². The number of aromatic nitrogens is 7. The van der Waals surface area contributed by atoms with Crippen molar-refractivity contribution in [1.29, 1.82) is 0 Å². The summed E-state index contributed by atoms with van der Waals surface area (Å²) in [6.07, 6.45) is 1.69. The SMILES string of the molecule is Cc1ccc(-n2cc(C)nn2)c(C(=O)O)c1.Cc1ccc(-n2nnc(C)n2)c(C(=O)O)c1. The molecule has 0 radical (unpaired) electrons. The number of benzene rings is 2. The van der Waals surface area contributed by atoms with Gasteiger partial charge in [0.25, 0.3) is 0 Å². The molecule has 0 aliphatic heterocycles. The van der Waals surface area contributed by atoms with E-state index in [1.165, 1.54) is 9.48 Å². The van der Waals surface area contributed by atoms with Crippen LogP contribution in [-0.4, -0.2) is 57.4 Å². The van der Waals surface area contributed by atoms with Crippen LogP contribution in [0.3, 0.4) is 0 Å². The molecule has 0 aliphatic carbocycles. The maximum atomic E-state index is 11.1. The number of rotatable bonds is 4. The molecule has 0 fully saturated rings. The van der Waals surface area contributed by atoms with E-state index < -0.39 is 11.9 Å². The van der Waals surface area contributed by atoms with Crippen LogP contribution < -0.4 is 0 Å². The molecule has 2 heterocycles. The van der Waals surface area contributed by atoms with Crippen molar-refractivity contribution >= 4 is 11.9 Å². The van der Waals surface area contributed by atoms with Gasteiger partial charge in [-0.1, -0.05) is 28.5 Å². The van der Waals surface area contributed by atoms with Gasteiger partial charge in [0, 0.05) is 0 Å². The molecule has 0 aliphatic rings. The molecule has 164 valence electrons. The summed E-state index contributed by atoms with van der Waals surface area (Å²) in [5.74, 6) is -1.47. The molecule has 0 spiro atoms. The second-order valence-corrected chi connectivity index (χ2v) is 7.08. The van der Waals surface area contributed by atoms with Crippen LogP contribution in [0.15, 0.2) is 42.6 Å². The molecular weight excluding hydrogens is 414 g/mol. The van der Waals surface area contributed by atoms with Crippen LogP contribution in [0.1, 0.15) is 43.4 Å². The van der Waals surface area contributed by atoms with Crippen LogP contribution >= 0.6 is 0 Å². The summed E-state index contributed by atoms with van der Waals surface area (Å²) in [5.41, 5.74) is 3.85. The predicted octanol–water partition coefficient (Wildman–Crippen LogP) is 2.56. The van der Waals surface area contributed by atoms with Gasteiger partial charge in [-0.3, -0.25) is 0 Å². The highest BCUT2D eigenvalue weighted by atomic mass is 16.4. The van der Waals surface area contributed by atoms with Gasteiger partial charge in [0.2, 0.25) is 0 Å². The maximum absolute atomic E-state index is 11.1. The van der Waals surface area contributed by atoms with E-state index in [-0.39, 0.29) is 11.1 Å². The standard InChI is InChI=1S/C11H11N3O2.C10H10N4O2/c1-7-3-4-10(9(5-7)11(15)16)14-6-8(2)12-13-14;1-6-3-4-9(8(5-6)10(15)16)14-12-7(2)11-13-14/h3-6H,1-2H3,(H,15,16);3-5H,1-2H3,(H,15,16). The van der Waals surface area contributed by atoms with E-state index in [1.807, 2.05) is 19.9 Å². The quantitative estimate of drug-likeness (QED) is 0.493. The van der Waals surface area contributed by atoms with Crippen LogP contribution in [0, 0.1) is 27.7 Å². The Labute approximate surface area is 182 Å². The zero-order valence-corrected chi connectivity index (χ0v) is 17.9. The molecule has 0 bridgehead atoms. The van der Waals surface area contributed by atoms with Crippen molar-refractivity contribution in [2.75, 3.05) is 0 Å². The molecule has 0 atom stereocenters. The molecule has 32 heavy (non-hydrogen) atoms. The number of hydrogen-bond donors (Lipinski definition) is 2. The van der Waals surface area contributed by atoms with Crippen molar-refractivity contribution in [2.45, 2.75) is 27.7 Å². The van der Waals surface area contributed by atoms with E-state index in [0.717, 1.165) is 16.8 Å². The Bertz CT molecular complexity index is 1190. The van der Waals surface area contributed by atoms with Crippen molar-refractivity contribution in [3.05, 3.63) is 76.4 Å². The van der Waals surface area contributed by atoms with E-state index in [4.69, 9.17) is 10.2 Å². The Balaban J connectivity index is 0.000000181. The molecule has 0 unspecified atom stereocenters. The monoisotopic (exact) mass is 435 g/mol. The lowest BCUT2D eigenvalue weighted by molar-refractivity contribution is 0.0685. The van der Waals surface area contributed by atoms with E-state index in [2.05, 4.69) is 25.7 Å². The maximum Gasteiger partial charge on any atom is 0.337 e. The first-order valence-electron chi connectivity index (χ1n) is 9.50. The second-order valence-electron chi connectivity index (χ2n) is 7.08. The molecule has 0 saturated carbocycles. The third kappa shape index (κ3) is 5.01. The summed E-state index contributed by atoms with van der Waals surface area (Å²) in [6, 6.07) is 10.2. The number of carboxylic acid groups (broad SMARTS) is 2. The van der Waals surface area contributed by atoms with Gasteiger partial charge < -0.3 is 10.2 Å². The third-order valence-corrected chi connectivity index (χ3v) is 4.35. The predicted molar refractivity (Wildman–Crippen MR) is 113 cm³/mol. The summed E-state index contributed by atoms with van der Waals surface area (Å²) in [6.45, 7) is 7.18. The lowest BCUT2D eigenvalue weighted by Crippen LogP contribution is -2.08. The minimum absolute atomic E-state index is 0.164. The number of tetrazole rings is 1. The van der Waals surface area contributed by atoms with Crippen molar-refractivity contribution in [3.8, 4) is 11.4 Å². The van der Waals surface area contributed by atoms with Crippen LogP contribution in [0.25, 0.3) is 11.4 Å². The Morgan fingerprint density at radius 2 is 1.34 bits per heavy atom. The molecule has 2 aromatic heterocycles. The Morgan fingerprint density at radius 1 is 0.781 bits per heavy atom. The van der Waals surface area contributed by atoms with Gasteiger partial charge in [-0.05, 0) is 57.2 Å². The van der Waals surface area contributed by atoms with Gasteiger partial charge in [0.1, 0.15) is 5.69 Å². The van der Waals surface area contributed by atoms with Gasteiger partial charge in [-0.15, -0.1) is 20.1 Å². The van der Waals surface area contributed by atoms with Crippen molar-refractivity contribution in [1.82, 2.24) is 35.2 Å². The summed E-state index contributed by atoms with van der Waals surface area (Å²) in [7, 11) is 0. The van der Waals surface area contributed by atoms with Crippen LogP contribution in [0.4, 0.5) is 0 Å². The largest absolute Gasteiger partial charge is 0.478 e. The highest BCUT2D eigenvalue weighted by Gasteiger charge is 2.14. The van der Waals surface area contributed by atoms with E-state index in [0.29, 0.717) is 17.2 Å². The Hall–Kier alpha value is -4.41. The lowest BCUT2D eigenvalue weighted by Gasteiger charge is -2.05. The average Bonchev–Trinajstić information content (AvgIpc) is 3.36. The highest BCUT2D eigenvalue weighted by Crippen LogP contribution is 2.16. The smallest absolute Gasteiger partial charge is 0.337 e. The minimum atomic E-state index is -1.01. The summed E-state index contributed by atoms with van der Waals surface area (Å²) >= 11 is 0. The summed E-state index contributed by atoms with van der Waals surface area (Å²) in [5, 5.41) is 37.3. The molecule has 0 amide bonds. The fourth-order valence-corrected chi connectivity index (χ4v) is 2.87. The van der Waals surface area contributed by atoms with Gasteiger partial charge in [0.05, 0.1) is 28.7 Å². The first kappa shape index (κ1) is 22.3. The fourth-order valence-electron chi connectivity index (χ4n) is 2.87. The average molecular weight is 435 g/mol. The number of aromatic carboxylic acids is 2. The first-order chi connectivity index (χ1) is 15.2. The van der Waals surface area contributed by atoms with Crippen molar-refractivity contribution in [2.24, 2.45) is 0 Å². The number of carbonyl (C=O) groups is 2. The van der Waals surface area contributed by atoms with Gasteiger partial charge in [0.15, 0.2) is 5.82 Å². The summed E-state index contributed by atoms with van der Waals surface area (Å²) in [4.78, 5) is 23.4. The van der Waals surface area contributed by atoms with Crippen LogP contribution in [0.2, 0.25) is 0 Å². The second kappa shape index (κ2) is 9.16. The van der Waals surface area contributed by atoms with Crippen molar-refractivity contribution < 1.29 is 19.8 Å². The first-order valence-corrected chi connectivity index (χ1v) is 9.50. The molecule has 4 rings (SSSR count). The number of aryl methyl sites for hydroxylation is 4. The van der Waals surface area contributed by atoms with E-state index >= 15 is 0 Å². The lowest BCUT2D eigenvalue weighted by atomic mass is 10.1. The minimum Gasteiger partial charge on any atom is -0.478 e. The summed E-state index contributed by atoms with van der Waals surface area (Å²) < 4.78 is 1.47. The van der Waals surface area contributed by atoms with Gasteiger partial charge >= 0.3 is 11.9 Å². The third-order valence-electron chi connectivity index (χ3n) is 4.35. The topological polar surface area (TPSA) is 149 Å². The molecule has 11 nitrogen and oxygen atoms in total. The van der Waals surface area contributed by atoms with E-state index in [9.17, 15) is 9.59 Å². The van der Waals surface area contributed by atoms with Gasteiger partial charge in [-0.2, -0.15) is 0 Å². The number of hydrogen-bond acceptors (Lipinski definition) is 7.